The maximum Gasteiger partial charge on any atom is 0.274 e. The maximum atomic E-state index is 14.4. The van der Waals surface area contributed by atoms with Crippen LogP contribution in [0.25, 0.3) is 10.9 Å². The highest BCUT2D eigenvalue weighted by atomic mass is 19.1. The van der Waals surface area contributed by atoms with Crippen LogP contribution in [-0.2, 0) is 5.67 Å². The van der Waals surface area contributed by atoms with E-state index in [2.05, 4.69) is 10.3 Å². The molecule has 0 atom stereocenters. The van der Waals surface area contributed by atoms with E-state index < -0.39 is 17.2 Å². The molecule has 0 radical (unpaired) electrons. The van der Waals surface area contributed by atoms with Crippen molar-refractivity contribution in [2.45, 2.75) is 70.7 Å². The summed E-state index contributed by atoms with van der Waals surface area (Å²) in [6.07, 6.45) is 5.76. The lowest BCUT2D eigenvalue weighted by atomic mass is 9.87. The predicted molar refractivity (Wildman–Crippen MR) is 136 cm³/mol. The molecule has 0 unspecified atom stereocenters. The topological polar surface area (TPSA) is 110 Å². The monoisotopic (exact) mass is 498 g/mol. The first-order valence-corrected chi connectivity index (χ1v) is 12.4. The molecule has 9 heteroatoms. The average molecular weight is 499 g/mol. The van der Waals surface area contributed by atoms with Crippen molar-refractivity contribution in [1.82, 2.24) is 14.8 Å². The summed E-state index contributed by atoms with van der Waals surface area (Å²) in [6, 6.07) is 8.46. The highest BCUT2D eigenvalue weighted by molar-refractivity contribution is 6.05. The SMILES string of the molecule is CC(C)(O)COc1cc2nn([C@H]3CC[C@H](CO)CC3)cc2cc1NC(=O)c1cccc(C(C)(C)F)n1. The molecule has 36 heavy (non-hydrogen) atoms. The molecule has 2 aromatic heterocycles. The van der Waals surface area contributed by atoms with E-state index in [0.717, 1.165) is 31.1 Å². The van der Waals surface area contributed by atoms with Gasteiger partial charge in [0.25, 0.3) is 5.91 Å². The lowest BCUT2D eigenvalue weighted by Crippen LogP contribution is -2.28. The van der Waals surface area contributed by atoms with E-state index in [1.807, 2.05) is 10.9 Å². The Balaban J connectivity index is 1.64. The lowest BCUT2D eigenvalue weighted by Gasteiger charge is -2.27. The zero-order valence-corrected chi connectivity index (χ0v) is 21.3. The summed E-state index contributed by atoms with van der Waals surface area (Å²) in [6.45, 7) is 6.28. The minimum absolute atomic E-state index is 0.0109. The number of aromatic nitrogens is 3. The molecule has 1 amide bonds. The molecule has 3 aromatic rings. The molecule has 0 bridgehead atoms. The van der Waals surface area contributed by atoms with Crippen molar-refractivity contribution in [3.8, 4) is 5.75 Å². The van der Waals surface area contributed by atoms with Gasteiger partial charge in [0.05, 0.1) is 28.5 Å². The van der Waals surface area contributed by atoms with E-state index in [1.54, 1.807) is 38.1 Å². The van der Waals surface area contributed by atoms with Gasteiger partial charge in [-0.15, -0.1) is 0 Å². The first-order valence-electron chi connectivity index (χ1n) is 12.4. The number of carbonyl (C=O) groups is 1. The molecule has 0 spiro atoms. The van der Waals surface area contributed by atoms with E-state index >= 15 is 0 Å². The molecule has 0 aliphatic heterocycles. The molecule has 194 valence electrons. The van der Waals surface area contributed by atoms with Gasteiger partial charge in [-0.1, -0.05) is 6.07 Å². The highest BCUT2D eigenvalue weighted by Gasteiger charge is 2.25. The number of carbonyl (C=O) groups excluding carboxylic acids is 1. The van der Waals surface area contributed by atoms with Gasteiger partial charge in [-0.25, -0.2) is 9.37 Å². The van der Waals surface area contributed by atoms with Crippen molar-refractivity contribution >= 4 is 22.5 Å². The number of nitrogens with zero attached hydrogens (tertiary/aromatic N) is 3. The molecule has 2 heterocycles. The number of rotatable bonds is 8. The van der Waals surface area contributed by atoms with Crippen molar-refractivity contribution in [2.24, 2.45) is 5.92 Å². The van der Waals surface area contributed by atoms with Gasteiger partial charge in [0.1, 0.15) is 23.7 Å². The average Bonchev–Trinajstić information content (AvgIpc) is 3.24. The third-order valence-electron chi connectivity index (χ3n) is 6.49. The number of nitrogens with one attached hydrogen (secondary N) is 1. The van der Waals surface area contributed by atoms with Gasteiger partial charge in [-0.2, -0.15) is 5.10 Å². The predicted octanol–water partition coefficient (Wildman–Crippen LogP) is 4.76. The maximum absolute atomic E-state index is 14.4. The number of anilines is 1. The molecule has 4 rings (SSSR count). The fourth-order valence-electron chi connectivity index (χ4n) is 4.40. The number of halogens is 1. The van der Waals surface area contributed by atoms with Crippen molar-refractivity contribution in [3.05, 3.63) is 47.9 Å². The Bertz CT molecular complexity index is 1220. The molecule has 8 nitrogen and oxygen atoms in total. The number of fused-ring (bicyclic) bond motifs is 1. The zero-order chi connectivity index (χ0) is 26.1. The number of aliphatic hydroxyl groups is 2. The van der Waals surface area contributed by atoms with Crippen LogP contribution in [0.3, 0.4) is 0 Å². The van der Waals surface area contributed by atoms with Gasteiger partial charge < -0.3 is 20.3 Å². The number of hydrogen-bond donors (Lipinski definition) is 3. The number of amides is 1. The second-order valence-corrected chi connectivity index (χ2v) is 10.8. The van der Waals surface area contributed by atoms with E-state index in [4.69, 9.17) is 9.84 Å². The van der Waals surface area contributed by atoms with Crippen LogP contribution >= 0.6 is 0 Å². The smallest absolute Gasteiger partial charge is 0.274 e. The van der Waals surface area contributed by atoms with Gasteiger partial charge in [-0.05, 0) is 77.5 Å². The van der Waals surface area contributed by atoms with Crippen LogP contribution in [0.1, 0.15) is 75.6 Å². The molecule has 1 aliphatic rings. The third kappa shape index (κ3) is 6.20. The van der Waals surface area contributed by atoms with E-state index in [1.165, 1.54) is 19.9 Å². The highest BCUT2D eigenvalue weighted by Crippen LogP contribution is 2.35. The van der Waals surface area contributed by atoms with Crippen LogP contribution in [0.2, 0.25) is 0 Å². The Labute approximate surface area is 210 Å². The van der Waals surface area contributed by atoms with Crippen molar-refractivity contribution < 1.29 is 24.1 Å². The van der Waals surface area contributed by atoms with Crippen LogP contribution in [0.5, 0.6) is 5.75 Å². The minimum atomic E-state index is -1.68. The van der Waals surface area contributed by atoms with Crippen LogP contribution in [0, 0.1) is 5.92 Å². The van der Waals surface area contributed by atoms with Gasteiger partial charge in [-0.3, -0.25) is 9.48 Å². The summed E-state index contributed by atoms with van der Waals surface area (Å²) >= 11 is 0. The van der Waals surface area contributed by atoms with Crippen molar-refractivity contribution in [1.29, 1.82) is 0 Å². The standard InChI is InChI=1S/C27H35FN4O4/c1-26(2,35)16-36-23-13-21-18(14-32(31-21)19-10-8-17(15-33)9-11-19)12-22(23)30-25(34)20-6-5-7-24(29-20)27(3,4)28/h5-7,12-14,17,19,33,35H,8-11,15-16H2,1-4H3,(H,30,34)/t17-,19-. The second-order valence-electron chi connectivity index (χ2n) is 10.8. The minimum Gasteiger partial charge on any atom is -0.488 e. The Hall–Kier alpha value is -3.04. The lowest BCUT2D eigenvalue weighted by molar-refractivity contribution is 0.0288. The Morgan fingerprint density at radius 2 is 1.92 bits per heavy atom. The first-order chi connectivity index (χ1) is 16.9. The van der Waals surface area contributed by atoms with Crippen LogP contribution in [-0.4, -0.2) is 49.7 Å². The Kier molecular flexibility index (Phi) is 7.33. The molecule has 1 aliphatic carbocycles. The van der Waals surface area contributed by atoms with Gasteiger partial charge in [0.2, 0.25) is 0 Å². The number of ether oxygens (including phenoxy) is 1. The first kappa shape index (κ1) is 26.0. The van der Waals surface area contributed by atoms with Crippen LogP contribution in [0.4, 0.5) is 10.1 Å². The fraction of sp³-hybridized carbons (Fsp3) is 0.519. The van der Waals surface area contributed by atoms with Gasteiger partial charge in [0, 0.05) is 24.3 Å². The van der Waals surface area contributed by atoms with E-state index in [0.29, 0.717) is 22.9 Å². The second kappa shape index (κ2) is 10.1. The Morgan fingerprint density at radius 3 is 2.56 bits per heavy atom. The summed E-state index contributed by atoms with van der Waals surface area (Å²) in [5, 5.41) is 28.0. The molecule has 1 saturated carbocycles. The van der Waals surface area contributed by atoms with Crippen LogP contribution in [0.15, 0.2) is 36.5 Å². The van der Waals surface area contributed by atoms with E-state index in [-0.39, 0.29) is 30.6 Å². The van der Waals surface area contributed by atoms with Crippen molar-refractivity contribution in [2.75, 3.05) is 18.5 Å². The summed E-state index contributed by atoms with van der Waals surface area (Å²) in [7, 11) is 0. The molecule has 3 N–H and O–H groups in total. The number of hydrogen-bond acceptors (Lipinski definition) is 6. The van der Waals surface area contributed by atoms with Crippen molar-refractivity contribution in [3.63, 3.8) is 0 Å². The largest absolute Gasteiger partial charge is 0.488 e. The molecular formula is C27H35FN4O4. The zero-order valence-electron chi connectivity index (χ0n) is 21.3. The summed E-state index contributed by atoms with van der Waals surface area (Å²) in [5.74, 6) is 0.224. The molecule has 1 aromatic carbocycles. The quantitative estimate of drug-likeness (QED) is 0.413. The number of pyridine rings is 1. The summed E-state index contributed by atoms with van der Waals surface area (Å²) in [4.78, 5) is 17.2. The van der Waals surface area contributed by atoms with Crippen LogP contribution < -0.4 is 10.1 Å². The Morgan fingerprint density at radius 1 is 1.19 bits per heavy atom. The summed E-state index contributed by atoms with van der Waals surface area (Å²) < 4.78 is 22.2. The number of aliphatic hydroxyl groups excluding tert-OH is 1. The molecular weight excluding hydrogens is 463 g/mol. The van der Waals surface area contributed by atoms with E-state index in [9.17, 15) is 19.4 Å². The number of alkyl halides is 1. The molecule has 0 saturated heterocycles. The summed E-state index contributed by atoms with van der Waals surface area (Å²) in [5.41, 5.74) is -1.39. The number of benzene rings is 1. The van der Waals surface area contributed by atoms with Gasteiger partial charge >= 0.3 is 0 Å². The fourth-order valence-corrected chi connectivity index (χ4v) is 4.40. The normalized spacial score (nSPS) is 18.9. The van der Waals surface area contributed by atoms with Gasteiger partial charge in [0.15, 0.2) is 0 Å². The molecule has 1 fully saturated rings. The third-order valence-corrected chi connectivity index (χ3v) is 6.49.